The number of piperidine rings is 1. The molecular formula is C23H28N6O2S. The van der Waals surface area contributed by atoms with Crippen LogP contribution in [0, 0.1) is 0 Å². The van der Waals surface area contributed by atoms with Gasteiger partial charge in [-0.1, -0.05) is 18.2 Å². The second kappa shape index (κ2) is 8.63. The summed E-state index contributed by atoms with van der Waals surface area (Å²) >= 11 is 0. The molecule has 3 aromatic rings. The van der Waals surface area contributed by atoms with E-state index < -0.39 is 10.0 Å². The number of anilines is 2. The summed E-state index contributed by atoms with van der Waals surface area (Å²) in [4.78, 5) is 9.01. The van der Waals surface area contributed by atoms with Gasteiger partial charge in [-0.15, -0.1) is 10.2 Å². The molecule has 5 rings (SSSR count). The van der Waals surface area contributed by atoms with Crippen LogP contribution in [0.15, 0.2) is 53.6 Å². The number of pyridine rings is 1. The molecule has 0 saturated carbocycles. The van der Waals surface area contributed by atoms with E-state index in [4.69, 9.17) is 0 Å². The van der Waals surface area contributed by atoms with E-state index >= 15 is 0 Å². The minimum absolute atomic E-state index is 0.267. The highest BCUT2D eigenvalue weighted by atomic mass is 32.2. The number of nitrogens with zero attached hydrogens (tertiary/aromatic N) is 6. The number of para-hydroxylation sites is 1. The topological polar surface area (TPSA) is 82.5 Å². The normalized spacial score (nSPS) is 20.6. The van der Waals surface area contributed by atoms with E-state index in [-0.39, 0.29) is 4.90 Å². The average Bonchev–Trinajstić information content (AvgIpc) is 2.84. The van der Waals surface area contributed by atoms with Crippen molar-refractivity contribution in [1.29, 1.82) is 0 Å². The minimum Gasteiger partial charge on any atom is -0.352 e. The van der Waals surface area contributed by atoms with E-state index in [1.165, 1.54) is 19.3 Å². The molecule has 0 aliphatic carbocycles. The van der Waals surface area contributed by atoms with Crippen LogP contribution in [0.25, 0.3) is 10.9 Å². The number of piperazine rings is 1. The van der Waals surface area contributed by atoms with Gasteiger partial charge in [-0.3, -0.25) is 4.98 Å². The number of rotatable bonds is 4. The Hall–Kier alpha value is -2.78. The number of hydrogen-bond donors (Lipinski definition) is 0. The van der Waals surface area contributed by atoms with Gasteiger partial charge in [0.25, 0.3) is 0 Å². The average molecular weight is 453 g/mol. The zero-order valence-corrected chi connectivity index (χ0v) is 19.1. The van der Waals surface area contributed by atoms with E-state index in [2.05, 4.69) is 31.9 Å². The molecule has 1 aromatic carbocycles. The van der Waals surface area contributed by atoms with Gasteiger partial charge in [0.1, 0.15) is 4.90 Å². The summed E-state index contributed by atoms with van der Waals surface area (Å²) in [5, 5.41) is 9.75. The lowest BCUT2D eigenvalue weighted by molar-refractivity contribution is 0.383. The van der Waals surface area contributed by atoms with Crippen LogP contribution in [0.4, 0.5) is 11.6 Å². The Labute approximate surface area is 188 Å². The molecule has 1 atom stereocenters. The van der Waals surface area contributed by atoms with Crippen LogP contribution in [0.2, 0.25) is 0 Å². The van der Waals surface area contributed by atoms with Gasteiger partial charge in [0, 0.05) is 50.3 Å². The molecule has 32 heavy (non-hydrogen) atoms. The standard InChI is InChI=1S/C23H28N6O2S/c1-18-6-2-3-13-29(18)22-11-10-21(25-26-22)27-14-16-28(17-15-27)32(30,31)20-9-4-7-19-8-5-12-24-23(19)20/h4-5,7-12,18H,2-3,6,13-17H2,1H3. The van der Waals surface area contributed by atoms with E-state index in [0.717, 1.165) is 23.6 Å². The first kappa shape index (κ1) is 21.1. The van der Waals surface area contributed by atoms with E-state index in [0.29, 0.717) is 37.7 Å². The molecule has 2 aromatic heterocycles. The highest BCUT2D eigenvalue weighted by Gasteiger charge is 2.31. The SMILES string of the molecule is CC1CCCCN1c1ccc(N2CCN(S(=O)(=O)c3cccc4cccnc34)CC2)nn1. The number of benzene rings is 1. The largest absolute Gasteiger partial charge is 0.352 e. The van der Waals surface area contributed by atoms with Crippen LogP contribution >= 0.6 is 0 Å². The third kappa shape index (κ3) is 3.91. The van der Waals surface area contributed by atoms with Gasteiger partial charge in [0.05, 0.1) is 5.52 Å². The quantitative estimate of drug-likeness (QED) is 0.602. The summed E-state index contributed by atoms with van der Waals surface area (Å²) in [5.74, 6) is 1.72. The van der Waals surface area contributed by atoms with Gasteiger partial charge >= 0.3 is 0 Å². The highest BCUT2D eigenvalue weighted by molar-refractivity contribution is 7.89. The van der Waals surface area contributed by atoms with Crippen LogP contribution in [0.5, 0.6) is 0 Å². The second-order valence-corrected chi connectivity index (χ2v) is 10.4. The van der Waals surface area contributed by atoms with Gasteiger partial charge in [-0.2, -0.15) is 4.31 Å². The van der Waals surface area contributed by atoms with E-state index in [1.807, 2.05) is 30.3 Å². The molecule has 2 aliphatic rings. The minimum atomic E-state index is -3.62. The molecule has 0 radical (unpaired) electrons. The van der Waals surface area contributed by atoms with Crippen molar-refractivity contribution >= 4 is 32.6 Å². The van der Waals surface area contributed by atoms with Gasteiger partial charge in [0.15, 0.2) is 11.6 Å². The van der Waals surface area contributed by atoms with Crippen LogP contribution in [-0.4, -0.2) is 66.7 Å². The third-order valence-corrected chi connectivity index (χ3v) is 8.44. The summed E-state index contributed by atoms with van der Waals surface area (Å²) < 4.78 is 28.2. The Kier molecular flexibility index (Phi) is 5.69. The lowest BCUT2D eigenvalue weighted by Crippen LogP contribution is -2.49. The summed E-state index contributed by atoms with van der Waals surface area (Å²) in [5.41, 5.74) is 0.519. The monoisotopic (exact) mass is 452 g/mol. The molecule has 0 spiro atoms. The summed E-state index contributed by atoms with van der Waals surface area (Å²) in [6.07, 6.45) is 5.28. The highest BCUT2D eigenvalue weighted by Crippen LogP contribution is 2.27. The molecule has 0 N–H and O–H groups in total. The van der Waals surface area contributed by atoms with Crippen LogP contribution in [-0.2, 0) is 10.0 Å². The first-order valence-electron chi connectivity index (χ1n) is 11.2. The second-order valence-electron chi connectivity index (χ2n) is 8.51. The summed E-state index contributed by atoms with van der Waals surface area (Å²) in [7, 11) is -3.62. The number of hydrogen-bond acceptors (Lipinski definition) is 7. The van der Waals surface area contributed by atoms with Crippen LogP contribution in [0.1, 0.15) is 26.2 Å². The first-order chi connectivity index (χ1) is 15.5. The molecule has 4 heterocycles. The van der Waals surface area contributed by atoms with Crippen LogP contribution < -0.4 is 9.80 Å². The van der Waals surface area contributed by atoms with Crippen molar-refractivity contribution in [2.75, 3.05) is 42.5 Å². The zero-order valence-electron chi connectivity index (χ0n) is 18.3. The van der Waals surface area contributed by atoms with Gasteiger partial charge in [-0.05, 0) is 50.5 Å². The van der Waals surface area contributed by atoms with Crippen molar-refractivity contribution in [2.24, 2.45) is 0 Å². The zero-order chi connectivity index (χ0) is 22.1. The lowest BCUT2D eigenvalue weighted by atomic mass is 10.0. The summed E-state index contributed by atoms with van der Waals surface area (Å²) in [6, 6.07) is 13.5. The van der Waals surface area contributed by atoms with Gasteiger partial charge in [-0.25, -0.2) is 8.42 Å². The molecule has 2 aliphatic heterocycles. The Balaban J connectivity index is 1.28. The van der Waals surface area contributed by atoms with Crippen molar-refractivity contribution in [2.45, 2.75) is 37.1 Å². The smallest absolute Gasteiger partial charge is 0.245 e. The fourth-order valence-corrected chi connectivity index (χ4v) is 6.25. The molecule has 0 bridgehead atoms. The van der Waals surface area contributed by atoms with E-state index in [9.17, 15) is 8.42 Å². The fourth-order valence-electron chi connectivity index (χ4n) is 4.66. The first-order valence-corrected chi connectivity index (χ1v) is 12.7. The molecule has 1 unspecified atom stereocenters. The molecule has 168 valence electrons. The maximum Gasteiger partial charge on any atom is 0.245 e. The molecule has 2 fully saturated rings. The molecule has 0 amide bonds. The Morgan fingerprint density at radius 2 is 1.62 bits per heavy atom. The molecular weight excluding hydrogens is 424 g/mol. The predicted molar refractivity (Wildman–Crippen MR) is 125 cm³/mol. The maximum absolute atomic E-state index is 13.3. The Morgan fingerprint density at radius 3 is 2.38 bits per heavy atom. The molecule has 9 heteroatoms. The third-order valence-electron chi connectivity index (χ3n) is 6.51. The van der Waals surface area contributed by atoms with Gasteiger partial charge in [0.2, 0.25) is 10.0 Å². The Bertz CT molecular complexity index is 1190. The van der Waals surface area contributed by atoms with Crippen molar-refractivity contribution in [3.8, 4) is 0 Å². The van der Waals surface area contributed by atoms with Crippen molar-refractivity contribution < 1.29 is 8.42 Å². The molecule has 2 saturated heterocycles. The van der Waals surface area contributed by atoms with Crippen molar-refractivity contribution in [3.63, 3.8) is 0 Å². The number of aromatic nitrogens is 3. The predicted octanol–water partition coefficient (Wildman–Crippen LogP) is 2.91. The fraction of sp³-hybridized carbons (Fsp3) is 0.435. The lowest BCUT2D eigenvalue weighted by Gasteiger charge is -2.35. The number of sulfonamides is 1. The molecule has 8 nitrogen and oxygen atoms in total. The number of fused-ring (bicyclic) bond motifs is 1. The van der Waals surface area contributed by atoms with E-state index in [1.54, 1.807) is 22.6 Å². The van der Waals surface area contributed by atoms with Crippen molar-refractivity contribution in [1.82, 2.24) is 19.5 Å². The summed E-state index contributed by atoms with van der Waals surface area (Å²) in [6.45, 7) is 5.21. The van der Waals surface area contributed by atoms with Gasteiger partial charge < -0.3 is 9.80 Å². The van der Waals surface area contributed by atoms with Crippen molar-refractivity contribution in [3.05, 3.63) is 48.7 Å². The maximum atomic E-state index is 13.3. The van der Waals surface area contributed by atoms with Crippen LogP contribution in [0.3, 0.4) is 0 Å². The Morgan fingerprint density at radius 1 is 0.875 bits per heavy atom.